The van der Waals surface area contributed by atoms with Crippen LogP contribution in [0.2, 0.25) is 10.0 Å². The molecular formula is C14H9Cl2N3O. The second-order valence-electron chi connectivity index (χ2n) is 4.17. The van der Waals surface area contributed by atoms with E-state index in [1.165, 1.54) is 0 Å². The van der Waals surface area contributed by atoms with E-state index in [2.05, 4.69) is 10.1 Å². The lowest BCUT2D eigenvalue weighted by Gasteiger charge is -2.03. The molecule has 4 nitrogen and oxygen atoms in total. The van der Waals surface area contributed by atoms with Gasteiger partial charge in [0.05, 0.1) is 5.56 Å². The van der Waals surface area contributed by atoms with Gasteiger partial charge in [-0.1, -0.05) is 34.4 Å². The fourth-order valence-electron chi connectivity index (χ4n) is 1.98. The van der Waals surface area contributed by atoms with Crippen molar-refractivity contribution in [3.63, 3.8) is 0 Å². The van der Waals surface area contributed by atoms with E-state index >= 15 is 0 Å². The maximum absolute atomic E-state index is 6.02. The summed E-state index contributed by atoms with van der Waals surface area (Å²) >= 11 is 12.0. The van der Waals surface area contributed by atoms with Crippen LogP contribution in [0.1, 0.15) is 0 Å². The first-order chi connectivity index (χ1) is 9.65. The van der Waals surface area contributed by atoms with Gasteiger partial charge in [-0.3, -0.25) is 4.98 Å². The highest BCUT2D eigenvalue weighted by atomic mass is 35.5. The van der Waals surface area contributed by atoms with Crippen LogP contribution in [0.5, 0.6) is 0 Å². The average molecular weight is 306 g/mol. The lowest BCUT2D eigenvalue weighted by Crippen LogP contribution is -1.88. The van der Waals surface area contributed by atoms with Crippen LogP contribution in [0, 0.1) is 0 Å². The molecule has 0 aliphatic heterocycles. The minimum atomic E-state index is 0.226. The topological polar surface area (TPSA) is 64.9 Å². The molecule has 0 radical (unpaired) electrons. The number of anilines is 1. The van der Waals surface area contributed by atoms with Crippen molar-refractivity contribution >= 4 is 29.1 Å². The molecule has 2 heterocycles. The van der Waals surface area contributed by atoms with Gasteiger partial charge in [0.15, 0.2) is 0 Å². The smallest absolute Gasteiger partial charge is 0.230 e. The standard InChI is InChI=1S/C14H9Cl2N3O/c15-10-4-9(5-11(16)6-10)13-12(14(17)20-19-13)8-2-1-3-18-7-8/h1-7H,17H2. The van der Waals surface area contributed by atoms with E-state index in [1.807, 2.05) is 12.1 Å². The number of pyridine rings is 1. The van der Waals surface area contributed by atoms with Gasteiger partial charge < -0.3 is 10.3 Å². The number of halogens is 2. The third kappa shape index (κ3) is 2.35. The van der Waals surface area contributed by atoms with Crippen molar-refractivity contribution in [1.82, 2.24) is 10.1 Å². The summed E-state index contributed by atoms with van der Waals surface area (Å²) < 4.78 is 5.10. The lowest BCUT2D eigenvalue weighted by atomic mass is 10.0. The number of nitrogens with two attached hydrogens (primary N) is 1. The molecule has 6 heteroatoms. The van der Waals surface area contributed by atoms with Gasteiger partial charge in [0.25, 0.3) is 0 Å². The van der Waals surface area contributed by atoms with Crippen molar-refractivity contribution in [3.8, 4) is 22.4 Å². The minimum absolute atomic E-state index is 0.226. The third-order valence-electron chi connectivity index (χ3n) is 2.80. The first-order valence-electron chi connectivity index (χ1n) is 5.77. The summed E-state index contributed by atoms with van der Waals surface area (Å²) in [5.41, 5.74) is 8.68. The summed E-state index contributed by atoms with van der Waals surface area (Å²) in [5, 5.41) is 5.04. The van der Waals surface area contributed by atoms with Crippen LogP contribution in [0.3, 0.4) is 0 Å². The third-order valence-corrected chi connectivity index (χ3v) is 3.24. The molecule has 2 aromatic heterocycles. The van der Waals surface area contributed by atoms with E-state index in [1.54, 1.807) is 30.6 Å². The molecule has 0 atom stereocenters. The summed E-state index contributed by atoms with van der Waals surface area (Å²) in [5.74, 6) is 0.226. The van der Waals surface area contributed by atoms with Gasteiger partial charge in [-0.05, 0) is 24.3 Å². The first kappa shape index (κ1) is 13.0. The van der Waals surface area contributed by atoms with Crippen LogP contribution in [0.15, 0.2) is 47.2 Å². The maximum atomic E-state index is 6.02. The molecule has 3 rings (SSSR count). The van der Waals surface area contributed by atoms with Crippen LogP contribution in [0.4, 0.5) is 5.88 Å². The summed E-state index contributed by atoms with van der Waals surface area (Å²) in [6, 6.07) is 8.86. The normalized spacial score (nSPS) is 10.7. The molecule has 0 spiro atoms. The molecule has 2 N–H and O–H groups in total. The van der Waals surface area contributed by atoms with E-state index in [9.17, 15) is 0 Å². The molecule has 0 saturated carbocycles. The van der Waals surface area contributed by atoms with E-state index < -0.39 is 0 Å². The van der Waals surface area contributed by atoms with Crippen LogP contribution >= 0.6 is 23.2 Å². The highest BCUT2D eigenvalue weighted by molar-refractivity contribution is 6.35. The van der Waals surface area contributed by atoms with Gasteiger partial charge in [-0.2, -0.15) is 0 Å². The zero-order valence-electron chi connectivity index (χ0n) is 10.2. The number of aromatic nitrogens is 2. The maximum Gasteiger partial charge on any atom is 0.230 e. The Morgan fingerprint density at radius 2 is 1.80 bits per heavy atom. The number of rotatable bonds is 2. The fourth-order valence-corrected chi connectivity index (χ4v) is 2.51. The number of nitrogens with zero attached hydrogens (tertiary/aromatic N) is 2. The fraction of sp³-hybridized carbons (Fsp3) is 0. The van der Waals surface area contributed by atoms with Crippen molar-refractivity contribution in [2.24, 2.45) is 0 Å². The zero-order chi connectivity index (χ0) is 14.1. The van der Waals surface area contributed by atoms with Crippen molar-refractivity contribution in [2.75, 3.05) is 5.73 Å². The van der Waals surface area contributed by atoms with Gasteiger partial charge in [0.1, 0.15) is 5.69 Å². The second-order valence-corrected chi connectivity index (χ2v) is 5.04. The quantitative estimate of drug-likeness (QED) is 0.767. The van der Waals surface area contributed by atoms with Crippen molar-refractivity contribution in [3.05, 3.63) is 52.8 Å². The minimum Gasteiger partial charge on any atom is -0.367 e. The summed E-state index contributed by atoms with van der Waals surface area (Å²) in [7, 11) is 0. The molecule has 20 heavy (non-hydrogen) atoms. The van der Waals surface area contributed by atoms with Crippen molar-refractivity contribution < 1.29 is 4.52 Å². The first-order valence-corrected chi connectivity index (χ1v) is 6.53. The van der Waals surface area contributed by atoms with E-state index in [-0.39, 0.29) is 5.88 Å². The average Bonchev–Trinajstić information content (AvgIpc) is 2.80. The van der Waals surface area contributed by atoms with Crippen LogP contribution in [0.25, 0.3) is 22.4 Å². The Morgan fingerprint density at radius 3 is 2.45 bits per heavy atom. The van der Waals surface area contributed by atoms with E-state index in [0.717, 1.165) is 11.1 Å². The Morgan fingerprint density at radius 1 is 1.05 bits per heavy atom. The summed E-state index contributed by atoms with van der Waals surface area (Å²) in [6.45, 7) is 0. The van der Waals surface area contributed by atoms with Gasteiger partial charge >= 0.3 is 0 Å². The summed E-state index contributed by atoms with van der Waals surface area (Å²) in [6.07, 6.45) is 3.38. The van der Waals surface area contributed by atoms with E-state index in [0.29, 0.717) is 21.3 Å². The van der Waals surface area contributed by atoms with Crippen LogP contribution in [-0.2, 0) is 0 Å². The number of benzene rings is 1. The SMILES string of the molecule is Nc1onc(-c2cc(Cl)cc(Cl)c2)c1-c1cccnc1. The molecule has 0 aliphatic rings. The molecule has 0 aliphatic carbocycles. The molecule has 0 saturated heterocycles. The largest absolute Gasteiger partial charge is 0.367 e. The van der Waals surface area contributed by atoms with Gasteiger partial charge in [0.2, 0.25) is 5.88 Å². The van der Waals surface area contributed by atoms with Gasteiger partial charge in [-0.15, -0.1) is 0 Å². The van der Waals surface area contributed by atoms with Crippen LogP contribution in [-0.4, -0.2) is 10.1 Å². The van der Waals surface area contributed by atoms with Crippen molar-refractivity contribution in [2.45, 2.75) is 0 Å². The molecule has 100 valence electrons. The molecular weight excluding hydrogens is 297 g/mol. The monoisotopic (exact) mass is 305 g/mol. The number of hydrogen-bond acceptors (Lipinski definition) is 4. The second kappa shape index (κ2) is 5.15. The predicted octanol–water partition coefficient (Wildman–Crippen LogP) is 4.29. The number of hydrogen-bond donors (Lipinski definition) is 1. The molecule has 0 fully saturated rings. The zero-order valence-corrected chi connectivity index (χ0v) is 11.7. The van der Waals surface area contributed by atoms with Gasteiger partial charge in [0, 0.05) is 33.6 Å². The predicted molar refractivity (Wildman–Crippen MR) is 79.6 cm³/mol. The van der Waals surface area contributed by atoms with Gasteiger partial charge in [-0.25, -0.2) is 0 Å². The Kier molecular flexibility index (Phi) is 3.34. The molecule has 1 aromatic carbocycles. The Balaban J connectivity index is 2.21. The van der Waals surface area contributed by atoms with Crippen LogP contribution < -0.4 is 5.73 Å². The molecule has 0 amide bonds. The highest BCUT2D eigenvalue weighted by Crippen LogP contribution is 2.37. The Hall–Kier alpha value is -2.04. The lowest BCUT2D eigenvalue weighted by molar-refractivity contribution is 0.439. The molecule has 3 aromatic rings. The number of nitrogen functional groups attached to an aromatic ring is 1. The summed E-state index contributed by atoms with van der Waals surface area (Å²) in [4.78, 5) is 4.07. The van der Waals surface area contributed by atoms with Crippen molar-refractivity contribution in [1.29, 1.82) is 0 Å². The van der Waals surface area contributed by atoms with E-state index in [4.69, 9.17) is 33.5 Å². The molecule has 0 bridgehead atoms. The Labute approximate surface area is 125 Å². The Bertz CT molecular complexity index is 736. The molecule has 0 unspecified atom stereocenters. The highest BCUT2D eigenvalue weighted by Gasteiger charge is 2.18.